The third kappa shape index (κ3) is 3.87. The Bertz CT molecular complexity index is 745. The van der Waals surface area contributed by atoms with Crippen molar-refractivity contribution < 1.29 is 9.59 Å². The molecule has 1 aliphatic heterocycles. The van der Waals surface area contributed by atoms with Gasteiger partial charge in [0.15, 0.2) is 0 Å². The summed E-state index contributed by atoms with van der Waals surface area (Å²) >= 11 is 0. The van der Waals surface area contributed by atoms with Gasteiger partial charge < -0.3 is 9.80 Å². The number of rotatable bonds is 4. The van der Waals surface area contributed by atoms with Crippen LogP contribution in [-0.4, -0.2) is 56.7 Å². The van der Waals surface area contributed by atoms with Crippen LogP contribution in [0.3, 0.4) is 0 Å². The minimum Gasteiger partial charge on any atom is -0.337 e. The van der Waals surface area contributed by atoms with E-state index in [0.29, 0.717) is 31.6 Å². The van der Waals surface area contributed by atoms with Gasteiger partial charge in [-0.25, -0.2) is 9.97 Å². The molecule has 0 spiro atoms. The van der Waals surface area contributed by atoms with Gasteiger partial charge in [0.1, 0.15) is 12.0 Å². The van der Waals surface area contributed by atoms with Crippen LogP contribution in [0.1, 0.15) is 42.0 Å². The SMILES string of the molecule is C[C@H](c1ccncn1)N(C)C(=O)C1CCN(C(=O)c2ccccn2)CC1. The van der Waals surface area contributed by atoms with E-state index in [-0.39, 0.29) is 23.8 Å². The summed E-state index contributed by atoms with van der Waals surface area (Å²) in [4.78, 5) is 41.1. The van der Waals surface area contributed by atoms with E-state index in [1.54, 1.807) is 47.4 Å². The standard InChI is InChI=1S/C19H23N5O2/c1-14(16-6-10-20-13-22-16)23(2)18(25)15-7-11-24(12-8-15)19(26)17-5-3-4-9-21-17/h3-6,9-10,13-15H,7-8,11-12H2,1-2H3/t14-/m1/s1. The molecule has 1 atom stereocenters. The lowest BCUT2D eigenvalue weighted by Crippen LogP contribution is -2.44. The highest BCUT2D eigenvalue weighted by molar-refractivity contribution is 5.92. The van der Waals surface area contributed by atoms with Crippen LogP contribution < -0.4 is 0 Å². The lowest BCUT2D eigenvalue weighted by Gasteiger charge is -2.34. The minimum atomic E-state index is -0.112. The van der Waals surface area contributed by atoms with Gasteiger partial charge in [0.2, 0.25) is 5.91 Å². The van der Waals surface area contributed by atoms with Gasteiger partial charge in [-0.15, -0.1) is 0 Å². The minimum absolute atomic E-state index is 0.0702. The molecule has 1 aliphatic rings. The zero-order valence-electron chi connectivity index (χ0n) is 15.1. The van der Waals surface area contributed by atoms with Crippen LogP contribution in [0, 0.1) is 5.92 Å². The number of carbonyl (C=O) groups excluding carboxylic acids is 2. The van der Waals surface area contributed by atoms with Crippen LogP contribution in [0.25, 0.3) is 0 Å². The smallest absolute Gasteiger partial charge is 0.272 e. The first-order valence-electron chi connectivity index (χ1n) is 8.81. The van der Waals surface area contributed by atoms with Crippen molar-refractivity contribution in [1.82, 2.24) is 24.8 Å². The number of nitrogens with zero attached hydrogens (tertiary/aromatic N) is 5. The van der Waals surface area contributed by atoms with Gasteiger partial charge in [0, 0.05) is 38.4 Å². The highest BCUT2D eigenvalue weighted by atomic mass is 16.2. The highest BCUT2D eigenvalue weighted by Crippen LogP contribution is 2.24. The molecular weight excluding hydrogens is 330 g/mol. The molecule has 0 saturated carbocycles. The Balaban J connectivity index is 1.57. The number of hydrogen-bond donors (Lipinski definition) is 0. The molecule has 2 aromatic heterocycles. The van der Waals surface area contributed by atoms with E-state index < -0.39 is 0 Å². The summed E-state index contributed by atoms with van der Waals surface area (Å²) in [5.41, 5.74) is 1.27. The van der Waals surface area contributed by atoms with Gasteiger partial charge in [0.25, 0.3) is 5.91 Å². The van der Waals surface area contributed by atoms with E-state index in [4.69, 9.17) is 0 Å². The van der Waals surface area contributed by atoms with Gasteiger partial charge in [0.05, 0.1) is 11.7 Å². The average molecular weight is 353 g/mol. The molecule has 3 rings (SSSR count). The second-order valence-electron chi connectivity index (χ2n) is 6.54. The molecule has 0 radical (unpaired) electrons. The normalized spacial score (nSPS) is 16.2. The summed E-state index contributed by atoms with van der Waals surface area (Å²) in [7, 11) is 1.81. The molecule has 26 heavy (non-hydrogen) atoms. The molecule has 7 nitrogen and oxygen atoms in total. The highest BCUT2D eigenvalue weighted by Gasteiger charge is 2.31. The second-order valence-corrected chi connectivity index (χ2v) is 6.54. The second kappa shape index (κ2) is 8.03. The number of carbonyl (C=O) groups is 2. The molecular formula is C19H23N5O2. The number of hydrogen-bond acceptors (Lipinski definition) is 5. The molecule has 136 valence electrons. The van der Waals surface area contributed by atoms with E-state index in [0.717, 1.165) is 5.69 Å². The van der Waals surface area contributed by atoms with Crippen LogP contribution >= 0.6 is 0 Å². The first-order chi connectivity index (χ1) is 12.6. The summed E-state index contributed by atoms with van der Waals surface area (Å²) in [5, 5.41) is 0. The zero-order valence-corrected chi connectivity index (χ0v) is 15.1. The van der Waals surface area contributed by atoms with Gasteiger partial charge in [-0.05, 0) is 38.0 Å². The quantitative estimate of drug-likeness (QED) is 0.839. The van der Waals surface area contributed by atoms with Crippen LogP contribution in [-0.2, 0) is 4.79 Å². The van der Waals surface area contributed by atoms with Crippen molar-refractivity contribution in [2.45, 2.75) is 25.8 Å². The van der Waals surface area contributed by atoms with Crippen LogP contribution in [0.2, 0.25) is 0 Å². The average Bonchev–Trinajstić information content (AvgIpc) is 2.73. The molecule has 1 saturated heterocycles. The Morgan fingerprint density at radius 3 is 2.54 bits per heavy atom. The van der Waals surface area contributed by atoms with Gasteiger partial charge >= 0.3 is 0 Å². The van der Waals surface area contributed by atoms with Crippen molar-refractivity contribution in [2.24, 2.45) is 5.92 Å². The number of piperidine rings is 1. The van der Waals surface area contributed by atoms with E-state index in [2.05, 4.69) is 15.0 Å². The van der Waals surface area contributed by atoms with Gasteiger partial charge in [-0.2, -0.15) is 0 Å². The predicted octanol–water partition coefficient (Wildman–Crippen LogP) is 1.94. The van der Waals surface area contributed by atoms with Crippen molar-refractivity contribution >= 4 is 11.8 Å². The summed E-state index contributed by atoms with van der Waals surface area (Å²) in [6, 6.07) is 7.02. The summed E-state index contributed by atoms with van der Waals surface area (Å²) in [6.45, 7) is 3.10. The number of pyridine rings is 1. The topological polar surface area (TPSA) is 79.3 Å². The maximum absolute atomic E-state index is 12.8. The Hall–Kier alpha value is -2.83. The van der Waals surface area contributed by atoms with Crippen molar-refractivity contribution in [2.75, 3.05) is 20.1 Å². The first kappa shape index (κ1) is 18.0. The van der Waals surface area contributed by atoms with E-state index in [1.807, 2.05) is 13.0 Å². The van der Waals surface area contributed by atoms with Crippen molar-refractivity contribution in [3.63, 3.8) is 0 Å². The fourth-order valence-corrected chi connectivity index (χ4v) is 3.21. The monoisotopic (exact) mass is 353 g/mol. The van der Waals surface area contributed by atoms with E-state index >= 15 is 0 Å². The zero-order chi connectivity index (χ0) is 18.5. The van der Waals surface area contributed by atoms with Crippen molar-refractivity contribution in [3.05, 3.63) is 54.4 Å². The molecule has 2 aromatic rings. The third-order valence-corrected chi connectivity index (χ3v) is 4.98. The molecule has 0 aromatic carbocycles. The molecule has 0 aliphatic carbocycles. The Kier molecular flexibility index (Phi) is 5.55. The van der Waals surface area contributed by atoms with Crippen LogP contribution in [0.5, 0.6) is 0 Å². The molecule has 1 fully saturated rings. The summed E-state index contributed by atoms with van der Waals surface area (Å²) in [6.07, 6.45) is 6.12. The lowest BCUT2D eigenvalue weighted by atomic mass is 9.94. The Morgan fingerprint density at radius 2 is 1.92 bits per heavy atom. The summed E-state index contributed by atoms with van der Waals surface area (Å²) in [5.74, 6) is -0.0441. The summed E-state index contributed by atoms with van der Waals surface area (Å²) < 4.78 is 0. The molecule has 0 bridgehead atoms. The molecule has 0 N–H and O–H groups in total. The van der Waals surface area contributed by atoms with Crippen molar-refractivity contribution in [3.8, 4) is 0 Å². The van der Waals surface area contributed by atoms with E-state index in [9.17, 15) is 9.59 Å². The molecule has 3 heterocycles. The van der Waals surface area contributed by atoms with Crippen LogP contribution in [0.15, 0.2) is 43.0 Å². The fraction of sp³-hybridized carbons (Fsp3) is 0.421. The fourth-order valence-electron chi connectivity index (χ4n) is 3.21. The third-order valence-electron chi connectivity index (χ3n) is 4.98. The van der Waals surface area contributed by atoms with Gasteiger partial charge in [-0.1, -0.05) is 6.07 Å². The van der Waals surface area contributed by atoms with Crippen molar-refractivity contribution in [1.29, 1.82) is 0 Å². The van der Waals surface area contributed by atoms with Gasteiger partial charge in [-0.3, -0.25) is 14.6 Å². The molecule has 0 unspecified atom stereocenters. The lowest BCUT2D eigenvalue weighted by molar-refractivity contribution is -0.137. The number of likely N-dealkylation sites (tertiary alicyclic amines) is 1. The molecule has 2 amide bonds. The number of aromatic nitrogens is 3. The molecule has 7 heteroatoms. The van der Waals surface area contributed by atoms with E-state index in [1.165, 1.54) is 6.33 Å². The Labute approximate surface area is 153 Å². The maximum Gasteiger partial charge on any atom is 0.272 e. The number of amides is 2. The first-order valence-corrected chi connectivity index (χ1v) is 8.81. The largest absolute Gasteiger partial charge is 0.337 e. The Morgan fingerprint density at radius 1 is 1.15 bits per heavy atom. The van der Waals surface area contributed by atoms with Crippen LogP contribution in [0.4, 0.5) is 0 Å². The predicted molar refractivity (Wildman–Crippen MR) is 96.1 cm³/mol. The maximum atomic E-state index is 12.8.